The number of carboxylic acid groups (broad SMARTS) is 1. The Hall–Kier alpha value is -1.59. The van der Waals surface area contributed by atoms with Crippen molar-refractivity contribution >= 4 is 29.2 Å². The second-order valence-corrected chi connectivity index (χ2v) is 5.01. The van der Waals surface area contributed by atoms with E-state index in [1.54, 1.807) is 0 Å². The average molecular weight is 285 g/mol. The maximum Gasteiger partial charge on any atom is 0.337 e. The van der Waals surface area contributed by atoms with Crippen molar-refractivity contribution in [2.24, 2.45) is 17.6 Å². The van der Waals surface area contributed by atoms with Gasteiger partial charge in [-0.05, 0) is 24.1 Å². The molecule has 6 heteroatoms. The molecule has 0 saturated carbocycles. The molecule has 0 aliphatic rings. The number of nitrogens with one attached hydrogen (secondary N) is 1. The molecule has 5 nitrogen and oxygen atoms in total. The number of nitrogens with two attached hydrogens (primary N) is 1. The number of halogens is 1. The summed E-state index contributed by atoms with van der Waals surface area (Å²) in [7, 11) is 0. The first-order valence-electron chi connectivity index (χ1n) is 5.90. The Morgan fingerprint density at radius 2 is 2.05 bits per heavy atom. The van der Waals surface area contributed by atoms with Crippen molar-refractivity contribution in [3.8, 4) is 0 Å². The van der Waals surface area contributed by atoms with Crippen LogP contribution >= 0.6 is 11.6 Å². The summed E-state index contributed by atoms with van der Waals surface area (Å²) < 4.78 is 0. The highest BCUT2D eigenvalue weighted by molar-refractivity contribution is 6.31. The first-order chi connectivity index (χ1) is 8.86. The zero-order chi connectivity index (χ0) is 14.6. The third-order valence-electron chi connectivity index (χ3n) is 2.87. The Bertz CT molecular complexity index is 489. The van der Waals surface area contributed by atoms with Gasteiger partial charge in [-0.25, -0.2) is 4.79 Å². The molecule has 0 spiro atoms. The van der Waals surface area contributed by atoms with Crippen LogP contribution in [0.5, 0.6) is 0 Å². The highest BCUT2D eigenvalue weighted by atomic mass is 35.5. The van der Waals surface area contributed by atoms with Crippen molar-refractivity contribution < 1.29 is 14.7 Å². The van der Waals surface area contributed by atoms with Gasteiger partial charge in [0.15, 0.2) is 0 Å². The number of carbonyl (C=O) groups is 2. The molecule has 0 bridgehead atoms. The van der Waals surface area contributed by atoms with Gasteiger partial charge in [0.2, 0.25) is 5.91 Å². The van der Waals surface area contributed by atoms with Crippen LogP contribution in [0.25, 0.3) is 0 Å². The zero-order valence-corrected chi connectivity index (χ0v) is 11.6. The highest BCUT2D eigenvalue weighted by Crippen LogP contribution is 2.22. The Morgan fingerprint density at radius 1 is 1.42 bits per heavy atom. The molecule has 0 aliphatic heterocycles. The number of benzene rings is 1. The largest absolute Gasteiger partial charge is 0.478 e. The quantitative estimate of drug-likeness (QED) is 0.773. The highest BCUT2D eigenvalue weighted by Gasteiger charge is 2.22. The third-order valence-corrected chi connectivity index (χ3v) is 3.10. The van der Waals surface area contributed by atoms with E-state index in [2.05, 4.69) is 5.32 Å². The SMILES string of the molecule is CC(C)C(CN)C(=O)Nc1ccc(Cl)cc1C(=O)O. The predicted octanol–water partition coefficient (Wildman–Crippen LogP) is 2.21. The molecule has 1 unspecified atom stereocenters. The number of amides is 1. The zero-order valence-electron chi connectivity index (χ0n) is 10.8. The predicted molar refractivity (Wildman–Crippen MR) is 74.4 cm³/mol. The molecule has 0 aromatic heterocycles. The number of aromatic carboxylic acids is 1. The molecule has 0 saturated heterocycles. The Morgan fingerprint density at radius 3 is 2.53 bits per heavy atom. The van der Waals surface area contributed by atoms with Crippen molar-refractivity contribution in [1.29, 1.82) is 0 Å². The smallest absolute Gasteiger partial charge is 0.337 e. The molecule has 0 heterocycles. The molecule has 0 fully saturated rings. The fraction of sp³-hybridized carbons (Fsp3) is 0.385. The minimum absolute atomic E-state index is 0.0413. The first-order valence-corrected chi connectivity index (χ1v) is 6.28. The number of hydrogen-bond acceptors (Lipinski definition) is 3. The lowest BCUT2D eigenvalue weighted by Crippen LogP contribution is -2.33. The van der Waals surface area contributed by atoms with Crippen molar-refractivity contribution in [3.63, 3.8) is 0 Å². The van der Waals surface area contributed by atoms with Crippen LogP contribution in [-0.4, -0.2) is 23.5 Å². The molecular formula is C13H17ClN2O3. The number of carboxylic acids is 1. The van der Waals surface area contributed by atoms with E-state index in [1.165, 1.54) is 18.2 Å². The normalized spacial score (nSPS) is 12.3. The summed E-state index contributed by atoms with van der Waals surface area (Å²) in [6.07, 6.45) is 0. The lowest BCUT2D eigenvalue weighted by atomic mass is 9.95. The van der Waals surface area contributed by atoms with E-state index in [4.69, 9.17) is 22.4 Å². The summed E-state index contributed by atoms with van der Waals surface area (Å²) in [5.41, 5.74) is 5.73. The summed E-state index contributed by atoms with van der Waals surface area (Å²) in [6.45, 7) is 3.98. The monoisotopic (exact) mass is 284 g/mol. The fourth-order valence-electron chi connectivity index (χ4n) is 1.71. The second kappa shape index (κ2) is 6.54. The lowest BCUT2D eigenvalue weighted by Gasteiger charge is -2.19. The molecule has 1 amide bonds. The molecule has 1 aromatic carbocycles. The maximum atomic E-state index is 12.0. The van der Waals surface area contributed by atoms with Gasteiger partial charge >= 0.3 is 5.97 Å². The van der Waals surface area contributed by atoms with E-state index >= 15 is 0 Å². The van der Waals surface area contributed by atoms with Gasteiger partial charge in [-0.15, -0.1) is 0 Å². The molecule has 4 N–H and O–H groups in total. The van der Waals surface area contributed by atoms with Gasteiger partial charge in [-0.3, -0.25) is 4.79 Å². The van der Waals surface area contributed by atoms with Crippen LogP contribution in [0.15, 0.2) is 18.2 Å². The molecule has 1 rings (SSSR count). The number of hydrogen-bond donors (Lipinski definition) is 3. The molecular weight excluding hydrogens is 268 g/mol. The van der Waals surface area contributed by atoms with Crippen LogP contribution < -0.4 is 11.1 Å². The van der Waals surface area contributed by atoms with E-state index in [-0.39, 0.29) is 35.5 Å². The van der Waals surface area contributed by atoms with Crippen LogP contribution in [0.3, 0.4) is 0 Å². The van der Waals surface area contributed by atoms with Gasteiger partial charge in [0.1, 0.15) is 0 Å². The van der Waals surface area contributed by atoms with Gasteiger partial charge in [-0.1, -0.05) is 25.4 Å². The van der Waals surface area contributed by atoms with Gasteiger partial charge in [-0.2, -0.15) is 0 Å². The lowest BCUT2D eigenvalue weighted by molar-refractivity contribution is -0.120. The van der Waals surface area contributed by atoms with Crippen LogP contribution in [0.2, 0.25) is 5.02 Å². The average Bonchev–Trinajstić information content (AvgIpc) is 2.31. The van der Waals surface area contributed by atoms with Crippen LogP contribution in [-0.2, 0) is 4.79 Å². The summed E-state index contributed by atoms with van der Waals surface area (Å²) in [5.74, 6) is -1.73. The number of rotatable bonds is 5. The standard InChI is InChI=1S/C13H17ClN2O3/c1-7(2)10(6-15)12(17)16-11-4-3-8(14)5-9(11)13(18)19/h3-5,7,10H,6,15H2,1-2H3,(H,16,17)(H,18,19). The van der Waals surface area contributed by atoms with E-state index in [0.29, 0.717) is 5.02 Å². The fourth-order valence-corrected chi connectivity index (χ4v) is 1.88. The van der Waals surface area contributed by atoms with Gasteiger partial charge in [0.25, 0.3) is 0 Å². The van der Waals surface area contributed by atoms with Gasteiger partial charge in [0.05, 0.1) is 17.2 Å². The van der Waals surface area contributed by atoms with Crippen molar-refractivity contribution in [2.75, 3.05) is 11.9 Å². The minimum atomic E-state index is -1.15. The van der Waals surface area contributed by atoms with Crippen LogP contribution in [0, 0.1) is 11.8 Å². The summed E-state index contributed by atoms with van der Waals surface area (Å²) >= 11 is 5.74. The Balaban J connectivity index is 2.99. The summed E-state index contributed by atoms with van der Waals surface area (Å²) in [4.78, 5) is 23.1. The topological polar surface area (TPSA) is 92.4 Å². The van der Waals surface area contributed by atoms with Crippen molar-refractivity contribution in [1.82, 2.24) is 0 Å². The van der Waals surface area contributed by atoms with E-state index in [1.807, 2.05) is 13.8 Å². The van der Waals surface area contributed by atoms with E-state index in [9.17, 15) is 9.59 Å². The molecule has 1 atom stereocenters. The third kappa shape index (κ3) is 3.94. The molecule has 19 heavy (non-hydrogen) atoms. The number of anilines is 1. The number of carbonyl (C=O) groups excluding carboxylic acids is 1. The van der Waals surface area contributed by atoms with Gasteiger partial charge in [0, 0.05) is 11.6 Å². The van der Waals surface area contributed by atoms with Crippen molar-refractivity contribution in [2.45, 2.75) is 13.8 Å². The van der Waals surface area contributed by atoms with Crippen LogP contribution in [0.4, 0.5) is 5.69 Å². The first kappa shape index (κ1) is 15.5. The minimum Gasteiger partial charge on any atom is -0.478 e. The molecule has 1 aromatic rings. The summed E-state index contributed by atoms with van der Waals surface area (Å²) in [6, 6.07) is 4.29. The van der Waals surface area contributed by atoms with Crippen LogP contribution in [0.1, 0.15) is 24.2 Å². The second-order valence-electron chi connectivity index (χ2n) is 4.57. The van der Waals surface area contributed by atoms with Crippen molar-refractivity contribution in [3.05, 3.63) is 28.8 Å². The molecule has 104 valence electrons. The Labute approximate surface area is 116 Å². The van der Waals surface area contributed by atoms with Gasteiger partial charge < -0.3 is 16.2 Å². The van der Waals surface area contributed by atoms with E-state index in [0.717, 1.165) is 0 Å². The molecule has 0 aliphatic carbocycles. The maximum absolute atomic E-state index is 12.0. The molecule has 0 radical (unpaired) electrons. The Kier molecular flexibility index (Phi) is 5.32. The van der Waals surface area contributed by atoms with E-state index < -0.39 is 5.97 Å². The summed E-state index contributed by atoms with van der Waals surface area (Å²) in [5, 5.41) is 12.0.